The molecule has 150 valence electrons. The standard InChI is InChI=1S/C23H14Br2Cl2N2O/c24-19-4-2-1-3-15(19)11-16-6-5-14(10-20(16)25)9-17(13-28)23(30)29-18-7-8-21(26)22(27)12-18/h1-10,12H,11H2,(H,29,30)/b17-9+. The first-order chi connectivity index (χ1) is 14.4. The Morgan fingerprint density at radius 2 is 1.70 bits per heavy atom. The fourth-order valence-corrected chi connectivity index (χ4v) is 3.99. The molecule has 1 N–H and O–H groups in total. The Hall–Kier alpha value is -2.10. The second-order valence-electron chi connectivity index (χ2n) is 6.37. The predicted molar refractivity (Wildman–Crippen MR) is 130 cm³/mol. The predicted octanol–water partition coefficient (Wildman–Crippen LogP) is 7.65. The molecule has 0 spiro atoms. The quantitative estimate of drug-likeness (QED) is 0.255. The Balaban J connectivity index is 1.79. The summed E-state index contributed by atoms with van der Waals surface area (Å²) < 4.78 is 1.95. The van der Waals surface area contributed by atoms with Gasteiger partial charge in [0, 0.05) is 14.6 Å². The van der Waals surface area contributed by atoms with Crippen molar-refractivity contribution in [2.24, 2.45) is 0 Å². The minimum Gasteiger partial charge on any atom is -0.321 e. The van der Waals surface area contributed by atoms with Gasteiger partial charge in [-0.2, -0.15) is 5.26 Å². The second kappa shape index (κ2) is 10.3. The molecule has 0 aromatic heterocycles. The summed E-state index contributed by atoms with van der Waals surface area (Å²) in [5.74, 6) is -0.524. The average molecular weight is 565 g/mol. The molecule has 3 aromatic rings. The molecule has 0 heterocycles. The topological polar surface area (TPSA) is 52.9 Å². The van der Waals surface area contributed by atoms with Crippen LogP contribution in [0.4, 0.5) is 5.69 Å². The summed E-state index contributed by atoms with van der Waals surface area (Å²) in [5.41, 5.74) is 3.43. The van der Waals surface area contributed by atoms with Crippen molar-refractivity contribution in [1.82, 2.24) is 0 Å². The lowest BCUT2D eigenvalue weighted by Gasteiger charge is -2.08. The molecule has 3 rings (SSSR count). The number of nitrogens with zero attached hydrogens (tertiary/aromatic N) is 1. The van der Waals surface area contributed by atoms with Crippen molar-refractivity contribution in [3.63, 3.8) is 0 Å². The summed E-state index contributed by atoms with van der Waals surface area (Å²) in [5, 5.41) is 12.8. The molecule has 3 nitrogen and oxygen atoms in total. The summed E-state index contributed by atoms with van der Waals surface area (Å²) in [7, 11) is 0. The van der Waals surface area contributed by atoms with E-state index in [1.807, 2.05) is 42.5 Å². The summed E-state index contributed by atoms with van der Waals surface area (Å²) in [6, 6.07) is 20.4. The third-order valence-electron chi connectivity index (χ3n) is 4.27. The monoisotopic (exact) mass is 562 g/mol. The number of carbonyl (C=O) groups is 1. The molecule has 0 fully saturated rings. The second-order valence-corrected chi connectivity index (χ2v) is 8.89. The molecule has 0 aliphatic heterocycles. The molecular formula is C23H14Br2Cl2N2O. The summed E-state index contributed by atoms with van der Waals surface area (Å²) in [6.45, 7) is 0. The number of rotatable bonds is 5. The minimum atomic E-state index is -0.524. The van der Waals surface area contributed by atoms with Gasteiger partial charge in [0.2, 0.25) is 0 Å². The molecule has 0 saturated carbocycles. The number of benzene rings is 3. The SMILES string of the molecule is N#C/C(=C\c1ccc(Cc2ccccc2Br)c(Br)c1)C(=O)Nc1ccc(Cl)c(Cl)c1. The highest BCUT2D eigenvalue weighted by molar-refractivity contribution is 9.10. The molecule has 30 heavy (non-hydrogen) atoms. The van der Waals surface area contributed by atoms with Crippen LogP contribution < -0.4 is 5.32 Å². The number of hydrogen-bond acceptors (Lipinski definition) is 2. The summed E-state index contributed by atoms with van der Waals surface area (Å²) in [6.07, 6.45) is 2.29. The van der Waals surface area contributed by atoms with Crippen molar-refractivity contribution in [1.29, 1.82) is 5.26 Å². The number of nitriles is 1. The third kappa shape index (κ3) is 5.74. The molecular weight excluding hydrogens is 551 g/mol. The van der Waals surface area contributed by atoms with Crippen LogP contribution in [0, 0.1) is 11.3 Å². The van der Waals surface area contributed by atoms with Crippen LogP contribution in [0.2, 0.25) is 10.0 Å². The van der Waals surface area contributed by atoms with Gasteiger partial charge < -0.3 is 5.32 Å². The number of nitrogens with one attached hydrogen (secondary N) is 1. The highest BCUT2D eigenvalue weighted by Gasteiger charge is 2.11. The third-order valence-corrected chi connectivity index (χ3v) is 6.52. The first-order valence-corrected chi connectivity index (χ1v) is 11.1. The number of halogens is 4. The van der Waals surface area contributed by atoms with Gasteiger partial charge in [-0.25, -0.2) is 0 Å². The number of carbonyl (C=O) groups excluding carboxylic acids is 1. The van der Waals surface area contributed by atoms with E-state index in [2.05, 4.69) is 43.2 Å². The van der Waals surface area contributed by atoms with Gasteiger partial charge in [0.15, 0.2) is 0 Å². The lowest BCUT2D eigenvalue weighted by molar-refractivity contribution is -0.112. The van der Waals surface area contributed by atoms with Crippen molar-refractivity contribution in [2.75, 3.05) is 5.32 Å². The molecule has 0 unspecified atom stereocenters. The molecule has 7 heteroatoms. The van der Waals surface area contributed by atoms with E-state index in [-0.39, 0.29) is 5.57 Å². The van der Waals surface area contributed by atoms with Crippen LogP contribution in [0.5, 0.6) is 0 Å². The Morgan fingerprint density at radius 1 is 0.967 bits per heavy atom. The molecule has 0 atom stereocenters. The fraction of sp³-hybridized carbons (Fsp3) is 0.0435. The van der Waals surface area contributed by atoms with Gasteiger partial charge >= 0.3 is 0 Å². The maximum absolute atomic E-state index is 12.5. The van der Waals surface area contributed by atoms with E-state index in [1.54, 1.807) is 18.2 Å². The first kappa shape index (κ1) is 22.6. The first-order valence-electron chi connectivity index (χ1n) is 8.77. The van der Waals surface area contributed by atoms with E-state index < -0.39 is 5.91 Å². The Kier molecular flexibility index (Phi) is 7.74. The lowest BCUT2D eigenvalue weighted by Crippen LogP contribution is -2.13. The van der Waals surface area contributed by atoms with E-state index in [1.165, 1.54) is 11.6 Å². The Morgan fingerprint density at radius 3 is 2.37 bits per heavy atom. The van der Waals surface area contributed by atoms with Crippen molar-refractivity contribution in [3.8, 4) is 6.07 Å². The largest absolute Gasteiger partial charge is 0.321 e. The lowest BCUT2D eigenvalue weighted by atomic mass is 10.0. The Bertz CT molecular complexity index is 1190. The Labute approximate surface area is 201 Å². The van der Waals surface area contributed by atoms with E-state index >= 15 is 0 Å². The average Bonchev–Trinajstić information content (AvgIpc) is 2.72. The van der Waals surface area contributed by atoms with Gasteiger partial charge in [-0.05, 0) is 59.5 Å². The zero-order chi connectivity index (χ0) is 21.7. The molecule has 1 amide bonds. The van der Waals surface area contributed by atoms with Crippen LogP contribution >= 0.6 is 55.1 Å². The van der Waals surface area contributed by atoms with Gasteiger partial charge in [-0.15, -0.1) is 0 Å². The number of hydrogen-bond donors (Lipinski definition) is 1. The van der Waals surface area contributed by atoms with Crippen LogP contribution in [0.1, 0.15) is 16.7 Å². The molecule has 3 aromatic carbocycles. The van der Waals surface area contributed by atoms with Crippen molar-refractivity contribution in [3.05, 3.63) is 102 Å². The zero-order valence-corrected chi connectivity index (χ0v) is 20.1. The normalized spacial score (nSPS) is 11.1. The van der Waals surface area contributed by atoms with Gasteiger partial charge in [0.1, 0.15) is 11.6 Å². The van der Waals surface area contributed by atoms with E-state index in [0.717, 1.165) is 26.5 Å². The van der Waals surface area contributed by atoms with Gasteiger partial charge in [-0.3, -0.25) is 4.79 Å². The fourth-order valence-electron chi connectivity index (χ4n) is 2.73. The van der Waals surface area contributed by atoms with Crippen LogP contribution in [0.15, 0.2) is 75.2 Å². The van der Waals surface area contributed by atoms with Crippen LogP contribution in [-0.2, 0) is 11.2 Å². The van der Waals surface area contributed by atoms with Gasteiger partial charge in [0.05, 0.1) is 10.0 Å². The minimum absolute atomic E-state index is 0.0217. The van der Waals surface area contributed by atoms with Crippen molar-refractivity contribution < 1.29 is 4.79 Å². The van der Waals surface area contributed by atoms with Gasteiger partial charge in [0.25, 0.3) is 5.91 Å². The summed E-state index contributed by atoms with van der Waals surface area (Å²) in [4.78, 5) is 12.5. The molecule has 0 radical (unpaired) electrons. The van der Waals surface area contributed by atoms with Crippen LogP contribution in [-0.4, -0.2) is 5.91 Å². The highest BCUT2D eigenvalue weighted by atomic mass is 79.9. The highest BCUT2D eigenvalue weighted by Crippen LogP contribution is 2.27. The van der Waals surface area contributed by atoms with Crippen LogP contribution in [0.25, 0.3) is 6.08 Å². The smallest absolute Gasteiger partial charge is 0.266 e. The molecule has 0 saturated heterocycles. The molecule has 0 aliphatic carbocycles. The van der Waals surface area contributed by atoms with Crippen LogP contribution in [0.3, 0.4) is 0 Å². The maximum Gasteiger partial charge on any atom is 0.266 e. The summed E-state index contributed by atoms with van der Waals surface area (Å²) >= 11 is 19.0. The van der Waals surface area contributed by atoms with Gasteiger partial charge in [-0.1, -0.05) is 85.4 Å². The maximum atomic E-state index is 12.5. The van der Waals surface area contributed by atoms with Crippen molar-refractivity contribution >= 4 is 72.7 Å². The molecule has 0 aliphatic rings. The van der Waals surface area contributed by atoms with E-state index in [9.17, 15) is 10.1 Å². The van der Waals surface area contributed by atoms with E-state index in [4.69, 9.17) is 23.2 Å². The number of amides is 1. The van der Waals surface area contributed by atoms with E-state index in [0.29, 0.717) is 15.7 Å². The van der Waals surface area contributed by atoms with Crippen molar-refractivity contribution in [2.45, 2.75) is 6.42 Å². The number of anilines is 1. The zero-order valence-electron chi connectivity index (χ0n) is 15.4. The molecule has 0 bridgehead atoms.